The molecule has 0 aliphatic heterocycles. The number of carbonyl (C=O) groups is 1. The Hall–Kier alpha value is -1.40. The average molecular weight is 360 g/mol. The van der Waals surface area contributed by atoms with Crippen molar-refractivity contribution in [2.45, 2.75) is 25.7 Å². The number of hydrogen-bond donors (Lipinski definition) is 1. The molecule has 1 heterocycles. The summed E-state index contributed by atoms with van der Waals surface area (Å²) in [6, 6.07) is 5.40. The summed E-state index contributed by atoms with van der Waals surface area (Å²) in [7, 11) is 0. The summed E-state index contributed by atoms with van der Waals surface area (Å²) in [5.74, 6) is 0.0676. The predicted octanol–water partition coefficient (Wildman–Crippen LogP) is 3.95. The molecule has 0 spiro atoms. The van der Waals surface area contributed by atoms with Gasteiger partial charge in [0.2, 0.25) is 11.8 Å². The van der Waals surface area contributed by atoms with Crippen LogP contribution >= 0.6 is 27.5 Å². The lowest BCUT2D eigenvalue weighted by Gasteiger charge is -1.99. The molecule has 20 heavy (non-hydrogen) atoms. The van der Waals surface area contributed by atoms with E-state index in [1.807, 2.05) is 6.07 Å². The topological polar surface area (TPSA) is 76.2 Å². The highest BCUT2D eigenvalue weighted by Crippen LogP contribution is 2.29. The first-order chi connectivity index (χ1) is 9.56. The monoisotopic (exact) mass is 358 g/mol. The van der Waals surface area contributed by atoms with Crippen LogP contribution in [0, 0.1) is 0 Å². The van der Waals surface area contributed by atoms with Crippen LogP contribution in [0.2, 0.25) is 5.02 Å². The van der Waals surface area contributed by atoms with Gasteiger partial charge in [0.1, 0.15) is 0 Å². The number of aryl methyl sites for hydroxylation is 1. The molecule has 5 nitrogen and oxygen atoms in total. The third kappa shape index (κ3) is 4.05. The highest BCUT2D eigenvalue weighted by molar-refractivity contribution is 9.10. The molecule has 0 saturated carbocycles. The molecule has 0 fully saturated rings. The number of aliphatic carboxylic acids is 1. The van der Waals surface area contributed by atoms with Crippen molar-refractivity contribution >= 4 is 33.5 Å². The van der Waals surface area contributed by atoms with E-state index in [4.69, 9.17) is 21.1 Å². The van der Waals surface area contributed by atoms with Gasteiger partial charge in [0.05, 0.1) is 10.6 Å². The molecular weight excluding hydrogens is 348 g/mol. The van der Waals surface area contributed by atoms with Crippen LogP contribution in [0.5, 0.6) is 0 Å². The minimum atomic E-state index is -0.794. The van der Waals surface area contributed by atoms with E-state index in [1.165, 1.54) is 0 Å². The van der Waals surface area contributed by atoms with E-state index in [9.17, 15) is 4.79 Å². The minimum Gasteiger partial charge on any atom is -0.481 e. The largest absolute Gasteiger partial charge is 0.481 e. The van der Waals surface area contributed by atoms with Crippen molar-refractivity contribution in [1.82, 2.24) is 10.2 Å². The third-order valence-corrected chi connectivity index (χ3v) is 3.47. The van der Waals surface area contributed by atoms with Crippen LogP contribution in [0.4, 0.5) is 0 Å². The van der Waals surface area contributed by atoms with Gasteiger partial charge in [0.15, 0.2) is 0 Å². The van der Waals surface area contributed by atoms with Crippen molar-refractivity contribution in [2.24, 2.45) is 0 Å². The zero-order chi connectivity index (χ0) is 14.5. The van der Waals surface area contributed by atoms with E-state index in [0.29, 0.717) is 41.6 Å². The molecule has 106 valence electrons. The summed E-state index contributed by atoms with van der Waals surface area (Å²) in [4.78, 5) is 10.4. The Labute approximate surface area is 129 Å². The molecule has 7 heteroatoms. The molecular formula is C13H12BrClN2O3. The molecule has 0 bridgehead atoms. The number of hydrogen-bond acceptors (Lipinski definition) is 4. The molecule has 1 aromatic heterocycles. The van der Waals surface area contributed by atoms with E-state index in [-0.39, 0.29) is 6.42 Å². The highest BCUT2D eigenvalue weighted by Gasteiger charge is 2.12. The molecule has 0 aliphatic rings. The normalized spacial score (nSPS) is 10.7. The fourth-order valence-corrected chi connectivity index (χ4v) is 2.43. The second-order valence-corrected chi connectivity index (χ2v) is 5.55. The van der Waals surface area contributed by atoms with Crippen LogP contribution in [-0.2, 0) is 11.2 Å². The second-order valence-electron chi connectivity index (χ2n) is 4.23. The van der Waals surface area contributed by atoms with Gasteiger partial charge in [-0.15, -0.1) is 10.2 Å². The molecule has 1 aromatic carbocycles. The zero-order valence-electron chi connectivity index (χ0n) is 10.5. The summed E-state index contributed by atoms with van der Waals surface area (Å²) in [5.41, 5.74) is 0.680. The summed E-state index contributed by atoms with van der Waals surface area (Å²) in [6.07, 6.45) is 2.00. The van der Waals surface area contributed by atoms with Crippen LogP contribution < -0.4 is 0 Å². The van der Waals surface area contributed by atoms with Gasteiger partial charge < -0.3 is 9.52 Å². The molecule has 0 aliphatic carbocycles. The van der Waals surface area contributed by atoms with Crippen molar-refractivity contribution in [1.29, 1.82) is 0 Å². The first-order valence-electron chi connectivity index (χ1n) is 6.06. The number of carboxylic acids is 1. The fourth-order valence-electron chi connectivity index (χ4n) is 1.68. The lowest BCUT2D eigenvalue weighted by Crippen LogP contribution is -1.95. The van der Waals surface area contributed by atoms with E-state index in [0.717, 1.165) is 4.47 Å². The van der Waals surface area contributed by atoms with Crippen LogP contribution in [0.15, 0.2) is 27.1 Å². The fraction of sp³-hybridized carbons (Fsp3) is 0.308. The number of nitrogens with zero attached hydrogens (tertiary/aromatic N) is 2. The Bertz CT molecular complexity index is 615. The summed E-state index contributed by atoms with van der Waals surface area (Å²) >= 11 is 9.44. The van der Waals surface area contributed by atoms with Gasteiger partial charge in [0, 0.05) is 17.3 Å². The Morgan fingerprint density at radius 3 is 2.85 bits per heavy atom. The van der Waals surface area contributed by atoms with Crippen LogP contribution in [0.1, 0.15) is 25.2 Å². The molecule has 0 amide bonds. The maximum Gasteiger partial charge on any atom is 0.303 e. The van der Waals surface area contributed by atoms with E-state index in [2.05, 4.69) is 26.1 Å². The number of benzene rings is 1. The Morgan fingerprint density at radius 2 is 2.15 bits per heavy atom. The van der Waals surface area contributed by atoms with Gasteiger partial charge in [-0.2, -0.15) is 0 Å². The highest BCUT2D eigenvalue weighted by atomic mass is 79.9. The number of carboxylic acid groups (broad SMARTS) is 1. The summed E-state index contributed by atoms with van der Waals surface area (Å²) < 4.78 is 6.40. The van der Waals surface area contributed by atoms with Gasteiger partial charge >= 0.3 is 5.97 Å². The maximum atomic E-state index is 10.4. The lowest BCUT2D eigenvalue weighted by atomic mass is 10.2. The first kappa shape index (κ1) is 15.0. The zero-order valence-corrected chi connectivity index (χ0v) is 12.8. The van der Waals surface area contributed by atoms with Gasteiger partial charge in [0.25, 0.3) is 0 Å². The smallest absolute Gasteiger partial charge is 0.303 e. The van der Waals surface area contributed by atoms with Crippen LogP contribution in [0.25, 0.3) is 11.5 Å². The number of unbranched alkanes of at least 4 members (excludes halogenated alkanes) is 1. The molecule has 0 atom stereocenters. The standard InChI is InChI=1S/C13H12BrClN2O3/c14-8-5-6-9(10(15)7-8)13-17-16-11(20-13)3-1-2-4-12(18)19/h5-7H,1-4H2,(H,18,19). The van der Waals surface area contributed by atoms with Gasteiger partial charge in [-0.25, -0.2) is 0 Å². The number of aromatic nitrogens is 2. The molecule has 0 unspecified atom stereocenters. The van der Waals surface area contributed by atoms with Gasteiger partial charge in [-0.1, -0.05) is 27.5 Å². The average Bonchev–Trinajstić information content (AvgIpc) is 2.83. The number of rotatable bonds is 6. The van der Waals surface area contributed by atoms with Crippen molar-refractivity contribution in [3.05, 3.63) is 33.6 Å². The second kappa shape index (κ2) is 6.85. The van der Waals surface area contributed by atoms with Crippen LogP contribution in [-0.4, -0.2) is 21.3 Å². The summed E-state index contributed by atoms with van der Waals surface area (Å²) in [6.45, 7) is 0. The molecule has 1 N–H and O–H groups in total. The Kier molecular flexibility index (Phi) is 5.14. The predicted molar refractivity (Wildman–Crippen MR) is 77.6 cm³/mol. The minimum absolute atomic E-state index is 0.152. The molecule has 2 rings (SSSR count). The Balaban J connectivity index is 1.99. The van der Waals surface area contributed by atoms with E-state index in [1.54, 1.807) is 12.1 Å². The van der Waals surface area contributed by atoms with Crippen molar-refractivity contribution in [2.75, 3.05) is 0 Å². The third-order valence-electron chi connectivity index (χ3n) is 2.66. The maximum absolute atomic E-state index is 10.4. The van der Waals surface area contributed by atoms with E-state index >= 15 is 0 Å². The molecule has 0 radical (unpaired) electrons. The molecule has 2 aromatic rings. The molecule has 0 saturated heterocycles. The van der Waals surface area contributed by atoms with Gasteiger partial charge in [-0.05, 0) is 31.0 Å². The van der Waals surface area contributed by atoms with Gasteiger partial charge in [-0.3, -0.25) is 4.79 Å². The summed E-state index contributed by atoms with van der Waals surface area (Å²) in [5, 5.41) is 17.0. The van der Waals surface area contributed by atoms with Crippen molar-refractivity contribution in [3.8, 4) is 11.5 Å². The number of halogens is 2. The lowest BCUT2D eigenvalue weighted by molar-refractivity contribution is -0.137. The van der Waals surface area contributed by atoms with E-state index < -0.39 is 5.97 Å². The van der Waals surface area contributed by atoms with Crippen LogP contribution in [0.3, 0.4) is 0 Å². The van der Waals surface area contributed by atoms with Crippen molar-refractivity contribution < 1.29 is 14.3 Å². The van der Waals surface area contributed by atoms with Crippen molar-refractivity contribution in [3.63, 3.8) is 0 Å². The quantitative estimate of drug-likeness (QED) is 0.790. The SMILES string of the molecule is O=C(O)CCCCc1nnc(-c2ccc(Br)cc2Cl)o1. The first-order valence-corrected chi connectivity index (χ1v) is 7.23. The Morgan fingerprint density at radius 1 is 1.35 bits per heavy atom.